The zero-order valence-corrected chi connectivity index (χ0v) is 14.6. The summed E-state index contributed by atoms with van der Waals surface area (Å²) in [7, 11) is 0. The predicted molar refractivity (Wildman–Crippen MR) is 97.6 cm³/mol. The van der Waals surface area contributed by atoms with Gasteiger partial charge in [-0.05, 0) is 30.7 Å². The van der Waals surface area contributed by atoms with Crippen molar-refractivity contribution in [3.05, 3.63) is 66.0 Å². The van der Waals surface area contributed by atoms with Crippen molar-refractivity contribution in [2.45, 2.75) is 32.0 Å². The number of carbonyl (C=O) groups excluding carboxylic acids is 1. The average Bonchev–Trinajstić information content (AvgIpc) is 2.66. The van der Waals surface area contributed by atoms with Crippen LogP contribution in [0, 0.1) is 0 Å². The number of hydrogen-bond acceptors (Lipinski definition) is 5. The molecule has 134 valence electrons. The number of carbonyl (C=O) groups is 1. The van der Waals surface area contributed by atoms with E-state index in [1.165, 1.54) is 0 Å². The second-order valence-corrected chi connectivity index (χ2v) is 5.97. The van der Waals surface area contributed by atoms with E-state index in [9.17, 15) is 9.90 Å². The Morgan fingerprint density at radius 1 is 1.20 bits per heavy atom. The molecular formula is C20H26N2O3. The molecule has 0 radical (unpaired) electrons. The highest BCUT2D eigenvalue weighted by Crippen LogP contribution is 2.12. The number of nitrogens with one attached hydrogen (secondary N) is 1. The van der Waals surface area contributed by atoms with Gasteiger partial charge in [-0.15, -0.1) is 0 Å². The summed E-state index contributed by atoms with van der Waals surface area (Å²) in [5.41, 5.74) is 1.59. The molecule has 1 aromatic carbocycles. The van der Waals surface area contributed by atoms with E-state index in [1.807, 2.05) is 30.3 Å². The SMILES string of the molecule is CCCNCC(O)COC(Cc1ccncc1)C(=O)c1ccccc1. The van der Waals surface area contributed by atoms with Gasteiger partial charge >= 0.3 is 0 Å². The lowest BCUT2D eigenvalue weighted by Crippen LogP contribution is -2.35. The average molecular weight is 342 g/mol. The van der Waals surface area contributed by atoms with Crippen molar-refractivity contribution in [2.24, 2.45) is 0 Å². The molecule has 5 nitrogen and oxygen atoms in total. The number of benzene rings is 1. The molecule has 0 aliphatic rings. The highest BCUT2D eigenvalue weighted by molar-refractivity contribution is 5.99. The number of rotatable bonds is 11. The highest BCUT2D eigenvalue weighted by Gasteiger charge is 2.22. The first-order chi connectivity index (χ1) is 12.2. The summed E-state index contributed by atoms with van der Waals surface area (Å²) >= 11 is 0. The van der Waals surface area contributed by atoms with Crippen LogP contribution in [0.5, 0.6) is 0 Å². The Hall–Kier alpha value is -2.08. The second kappa shape index (κ2) is 10.7. The molecule has 1 aromatic heterocycles. The van der Waals surface area contributed by atoms with Gasteiger partial charge in [-0.2, -0.15) is 0 Å². The van der Waals surface area contributed by atoms with Gasteiger partial charge in [0, 0.05) is 30.9 Å². The number of aliphatic hydroxyl groups is 1. The fraction of sp³-hybridized carbons (Fsp3) is 0.400. The second-order valence-electron chi connectivity index (χ2n) is 5.97. The van der Waals surface area contributed by atoms with Gasteiger partial charge in [0.05, 0.1) is 12.7 Å². The summed E-state index contributed by atoms with van der Waals surface area (Å²) in [5.74, 6) is -0.0777. The van der Waals surface area contributed by atoms with Crippen LogP contribution in [0.25, 0.3) is 0 Å². The van der Waals surface area contributed by atoms with E-state index in [4.69, 9.17) is 4.74 Å². The quantitative estimate of drug-likeness (QED) is 0.484. The maximum atomic E-state index is 12.8. The Bertz CT molecular complexity index is 619. The Balaban J connectivity index is 2.00. The molecular weight excluding hydrogens is 316 g/mol. The van der Waals surface area contributed by atoms with Gasteiger partial charge in [0.2, 0.25) is 0 Å². The number of nitrogens with zero attached hydrogens (tertiary/aromatic N) is 1. The first kappa shape index (κ1) is 19.2. The first-order valence-electron chi connectivity index (χ1n) is 8.69. The van der Waals surface area contributed by atoms with Crippen molar-refractivity contribution in [1.82, 2.24) is 10.3 Å². The van der Waals surface area contributed by atoms with Crippen molar-refractivity contribution in [1.29, 1.82) is 0 Å². The van der Waals surface area contributed by atoms with Gasteiger partial charge < -0.3 is 15.2 Å². The number of ether oxygens (including phenoxy) is 1. The van der Waals surface area contributed by atoms with Crippen molar-refractivity contribution in [3.8, 4) is 0 Å². The largest absolute Gasteiger partial charge is 0.389 e. The first-order valence-corrected chi connectivity index (χ1v) is 8.69. The summed E-state index contributed by atoms with van der Waals surface area (Å²) < 4.78 is 5.79. The zero-order chi connectivity index (χ0) is 17.9. The van der Waals surface area contributed by atoms with Gasteiger partial charge in [0.15, 0.2) is 5.78 Å². The van der Waals surface area contributed by atoms with Crippen LogP contribution in [0.2, 0.25) is 0 Å². The molecule has 0 aliphatic heterocycles. The van der Waals surface area contributed by atoms with Crippen LogP contribution in [-0.4, -0.2) is 47.8 Å². The van der Waals surface area contributed by atoms with E-state index in [0.717, 1.165) is 18.5 Å². The molecule has 2 N–H and O–H groups in total. The fourth-order valence-electron chi connectivity index (χ4n) is 2.48. The maximum Gasteiger partial charge on any atom is 0.191 e. The molecule has 0 saturated carbocycles. The lowest BCUT2D eigenvalue weighted by atomic mass is 10.0. The number of ketones is 1. The number of pyridine rings is 1. The molecule has 1 heterocycles. The molecule has 25 heavy (non-hydrogen) atoms. The van der Waals surface area contributed by atoms with E-state index >= 15 is 0 Å². The van der Waals surface area contributed by atoms with Crippen molar-refractivity contribution in [2.75, 3.05) is 19.7 Å². The number of aliphatic hydroxyl groups excluding tert-OH is 1. The van der Waals surface area contributed by atoms with Gasteiger partial charge in [-0.25, -0.2) is 0 Å². The predicted octanol–water partition coefficient (Wildman–Crippen LogP) is 2.25. The lowest BCUT2D eigenvalue weighted by molar-refractivity contribution is -0.00163. The number of hydrogen-bond donors (Lipinski definition) is 2. The topological polar surface area (TPSA) is 71.4 Å². The highest BCUT2D eigenvalue weighted by atomic mass is 16.5. The molecule has 2 atom stereocenters. The summed E-state index contributed by atoms with van der Waals surface area (Å²) in [6.07, 6.45) is 3.57. The standard InChI is InChI=1S/C20H26N2O3/c1-2-10-22-14-18(23)15-25-19(13-16-8-11-21-12-9-16)20(24)17-6-4-3-5-7-17/h3-9,11-12,18-19,22-23H,2,10,13-15H2,1H3. The van der Waals surface area contributed by atoms with Gasteiger partial charge in [-0.3, -0.25) is 9.78 Å². The molecule has 0 bridgehead atoms. The fourth-order valence-corrected chi connectivity index (χ4v) is 2.48. The van der Waals surface area contributed by atoms with Gasteiger partial charge in [0.1, 0.15) is 6.10 Å². The molecule has 5 heteroatoms. The molecule has 2 unspecified atom stereocenters. The van der Waals surface area contributed by atoms with Gasteiger partial charge in [-0.1, -0.05) is 37.3 Å². The Labute approximate surface area is 149 Å². The van der Waals surface area contributed by atoms with Crippen LogP contribution in [0.3, 0.4) is 0 Å². The minimum Gasteiger partial charge on any atom is -0.389 e. The van der Waals surface area contributed by atoms with Crippen molar-refractivity contribution in [3.63, 3.8) is 0 Å². The smallest absolute Gasteiger partial charge is 0.191 e. The van der Waals surface area contributed by atoms with E-state index in [0.29, 0.717) is 18.5 Å². The maximum absolute atomic E-state index is 12.8. The van der Waals surface area contributed by atoms with Crippen molar-refractivity contribution >= 4 is 5.78 Å². The molecule has 0 amide bonds. The van der Waals surface area contributed by atoms with Crippen LogP contribution < -0.4 is 5.32 Å². The molecule has 0 spiro atoms. The normalized spacial score (nSPS) is 13.4. The van der Waals surface area contributed by atoms with Crippen LogP contribution in [0.15, 0.2) is 54.9 Å². The summed E-state index contributed by atoms with van der Waals surface area (Å²) in [6.45, 7) is 3.49. The van der Waals surface area contributed by atoms with E-state index < -0.39 is 12.2 Å². The zero-order valence-electron chi connectivity index (χ0n) is 14.6. The van der Waals surface area contributed by atoms with E-state index in [1.54, 1.807) is 24.5 Å². The summed E-state index contributed by atoms with van der Waals surface area (Å²) in [4.78, 5) is 16.8. The Morgan fingerprint density at radius 3 is 2.60 bits per heavy atom. The molecule has 0 saturated heterocycles. The molecule has 0 fully saturated rings. The third kappa shape index (κ3) is 6.74. The molecule has 2 aromatic rings. The van der Waals surface area contributed by atoms with Crippen LogP contribution in [-0.2, 0) is 11.2 Å². The van der Waals surface area contributed by atoms with Gasteiger partial charge in [0.25, 0.3) is 0 Å². The molecule has 0 aliphatic carbocycles. The Kier molecular flexibility index (Phi) is 8.25. The lowest BCUT2D eigenvalue weighted by Gasteiger charge is -2.19. The third-order valence-electron chi connectivity index (χ3n) is 3.82. The van der Waals surface area contributed by atoms with E-state index in [2.05, 4.69) is 17.2 Å². The van der Waals surface area contributed by atoms with Crippen LogP contribution in [0.1, 0.15) is 29.3 Å². The summed E-state index contributed by atoms with van der Waals surface area (Å²) in [5, 5.41) is 13.2. The number of Topliss-reactive ketones (excluding diaryl/α,β-unsaturated/α-hetero) is 1. The van der Waals surface area contributed by atoms with E-state index in [-0.39, 0.29) is 12.4 Å². The Morgan fingerprint density at radius 2 is 1.92 bits per heavy atom. The third-order valence-corrected chi connectivity index (χ3v) is 3.82. The minimum atomic E-state index is -0.643. The summed E-state index contributed by atoms with van der Waals surface area (Å²) in [6, 6.07) is 12.8. The minimum absolute atomic E-state index is 0.0777. The van der Waals surface area contributed by atoms with Crippen LogP contribution >= 0.6 is 0 Å². The van der Waals surface area contributed by atoms with Crippen LogP contribution in [0.4, 0.5) is 0 Å². The molecule has 2 rings (SSSR count). The number of aromatic nitrogens is 1. The van der Waals surface area contributed by atoms with Crippen molar-refractivity contribution < 1.29 is 14.6 Å². The monoisotopic (exact) mass is 342 g/mol.